The first-order valence-corrected chi connectivity index (χ1v) is 8.19. The summed E-state index contributed by atoms with van der Waals surface area (Å²) < 4.78 is 14.7. The second-order valence-corrected chi connectivity index (χ2v) is 6.29. The summed E-state index contributed by atoms with van der Waals surface area (Å²) in [5.41, 5.74) is 0.972. The summed E-state index contributed by atoms with van der Waals surface area (Å²) in [4.78, 5) is 25.5. The maximum Gasteiger partial charge on any atom is 0.326 e. The van der Waals surface area contributed by atoms with Gasteiger partial charge >= 0.3 is 5.97 Å². The number of carbonyl (C=O) groups is 2. The van der Waals surface area contributed by atoms with E-state index in [1.54, 1.807) is 6.92 Å². The van der Waals surface area contributed by atoms with Crippen molar-refractivity contribution in [2.75, 3.05) is 6.54 Å². The number of carboxylic acid groups (broad SMARTS) is 1. The van der Waals surface area contributed by atoms with Gasteiger partial charge in [-0.1, -0.05) is 16.8 Å². The van der Waals surface area contributed by atoms with Crippen molar-refractivity contribution in [1.82, 2.24) is 19.9 Å². The van der Waals surface area contributed by atoms with E-state index < -0.39 is 23.7 Å². The normalized spacial score (nSPS) is 17.6. The molecule has 1 aliphatic heterocycles. The van der Waals surface area contributed by atoms with E-state index in [4.69, 9.17) is 11.6 Å². The number of aromatic nitrogens is 3. The van der Waals surface area contributed by atoms with Crippen LogP contribution in [-0.2, 0) is 4.79 Å². The van der Waals surface area contributed by atoms with Gasteiger partial charge in [0.25, 0.3) is 5.91 Å². The number of hydrogen-bond donors (Lipinski definition) is 1. The van der Waals surface area contributed by atoms with E-state index in [9.17, 15) is 19.1 Å². The lowest BCUT2D eigenvalue weighted by Gasteiger charge is -2.32. The molecule has 1 saturated heterocycles. The van der Waals surface area contributed by atoms with Crippen LogP contribution in [-0.4, -0.2) is 49.5 Å². The van der Waals surface area contributed by atoms with E-state index >= 15 is 0 Å². The third-order valence-electron chi connectivity index (χ3n) is 4.29. The molecule has 0 aliphatic carbocycles. The molecule has 1 aromatic carbocycles. The van der Waals surface area contributed by atoms with E-state index in [0.717, 1.165) is 12.8 Å². The number of nitrogens with zero attached hydrogens (tertiary/aromatic N) is 4. The fourth-order valence-electron chi connectivity index (χ4n) is 2.96. The molecule has 7 nitrogen and oxygen atoms in total. The molecule has 25 heavy (non-hydrogen) atoms. The molecule has 0 bridgehead atoms. The Hall–Kier alpha value is -2.48. The van der Waals surface area contributed by atoms with Crippen molar-refractivity contribution < 1.29 is 19.1 Å². The Kier molecular flexibility index (Phi) is 4.71. The van der Waals surface area contributed by atoms with Gasteiger partial charge in [0, 0.05) is 6.54 Å². The van der Waals surface area contributed by atoms with E-state index in [1.807, 2.05) is 0 Å². The molecular weight excluding hydrogens is 351 g/mol. The lowest BCUT2D eigenvalue weighted by atomic mass is 10.0. The van der Waals surface area contributed by atoms with Gasteiger partial charge < -0.3 is 10.0 Å². The molecule has 1 aliphatic rings. The standard InChI is InChI=1S/C16H16ClFN4O3/c1-9-14(15(23)21-7-3-2-4-13(21)16(24)25)19-20-22(9)10-5-6-12(18)11(17)8-10/h5-6,8,13H,2-4,7H2,1H3,(H,24,25)/t13-/m1/s1. The Bertz CT molecular complexity index is 839. The Morgan fingerprint density at radius 2 is 2.12 bits per heavy atom. The predicted octanol–water partition coefficient (Wildman–Crippen LogP) is 2.45. The van der Waals surface area contributed by atoms with E-state index in [-0.39, 0.29) is 10.7 Å². The fourth-order valence-corrected chi connectivity index (χ4v) is 3.13. The highest BCUT2D eigenvalue weighted by atomic mass is 35.5. The van der Waals surface area contributed by atoms with Crippen LogP contribution in [0.15, 0.2) is 18.2 Å². The molecule has 0 unspecified atom stereocenters. The second kappa shape index (κ2) is 6.79. The largest absolute Gasteiger partial charge is 0.480 e. The average molecular weight is 367 g/mol. The van der Waals surface area contributed by atoms with E-state index in [0.29, 0.717) is 24.3 Å². The highest BCUT2D eigenvalue weighted by Gasteiger charge is 2.34. The van der Waals surface area contributed by atoms with Crippen LogP contribution in [0.4, 0.5) is 4.39 Å². The lowest BCUT2D eigenvalue weighted by molar-refractivity contribution is -0.143. The van der Waals surface area contributed by atoms with Crippen molar-refractivity contribution in [3.8, 4) is 5.69 Å². The van der Waals surface area contributed by atoms with Crippen LogP contribution in [0.1, 0.15) is 35.4 Å². The van der Waals surface area contributed by atoms with Crippen molar-refractivity contribution >= 4 is 23.5 Å². The number of halogens is 2. The lowest BCUT2D eigenvalue weighted by Crippen LogP contribution is -2.48. The van der Waals surface area contributed by atoms with Crippen molar-refractivity contribution in [3.63, 3.8) is 0 Å². The smallest absolute Gasteiger partial charge is 0.326 e. The number of amides is 1. The van der Waals surface area contributed by atoms with Crippen molar-refractivity contribution in [2.45, 2.75) is 32.2 Å². The number of carboxylic acids is 1. The van der Waals surface area contributed by atoms with Crippen molar-refractivity contribution in [3.05, 3.63) is 40.4 Å². The summed E-state index contributed by atoms with van der Waals surface area (Å²) in [6.45, 7) is 2.01. The first-order chi connectivity index (χ1) is 11.9. The number of carbonyl (C=O) groups excluding carboxylic acids is 1. The first-order valence-electron chi connectivity index (χ1n) is 7.81. The Balaban J connectivity index is 1.93. The zero-order valence-corrected chi connectivity index (χ0v) is 14.2. The van der Waals surface area contributed by atoms with Gasteiger partial charge in [-0.25, -0.2) is 13.9 Å². The predicted molar refractivity (Wildman–Crippen MR) is 87.4 cm³/mol. The molecule has 3 rings (SSSR count). The number of piperidine rings is 1. The molecule has 1 atom stereocenters. The molecule has 0 radical (unpaired) electrons. The molecule has 1 amide bonds. The van der Waals surface area contributed by atoms with Crippen LogP contribution < -0.4 is 0 Å². The highest BCUT2D eigenvalue weighted by Crippen LogP contribution is 2.23. The van der Waals surface area contributed by atoms with Crippen LogP contribution in [0.5, 0.6) is 0 Å². The molecule has 1 aromatic heterocycles. The Labute approximate surface area is 148 Å². The SMILES string of the molecule is Cc1c(C(=O)N2CCCC[C@@H]2C(=O)O)nnn1-c1ccc(F)c(Cl)c1. The maximum absolute atomic E-state index is 13.3. The van der Waals surface area contributed by atoms with Gasteiger partial charge in [-0.3, -0.25) is 4.79 Å². The second-order valence-electron chi connectivity index (χ2n) is 5.88. The summed E-state index contributed by atoms with van der Waals surface area (Å²) in [6, 6.07) is 3.20. The molecule has 2 aromatic rings. The topological polar surface area (TPSA) is 88.3 Å². The maximum atomic E-state index is 13.3. The van der Waals surface area contributed by atoms with Gasteiger partial charge in [0.1, 0.15) is 11.9 Å². The quantitative estimate of drug-likeness (QED) is 0.901. The highest BCUT2D eigenvalue weighted by molar-refractivity contribution is 6.30. The summed E-state index contributed by atoms with van der Waals surface area (Å²) >= 11 is 5.78. The molecular formula is C16H16ClFN4O3. The minimum atomic E-state index is -1.02. The zero-order valence-electron chi connectivity index (χ0n) is 13.4. The van der Waals surface area contributed by atoms with E-state index in [1.165, 1.54) is 27.8 Å². The summed E-state index contributed by atoms with van der Waals surface area (Å²) in [7, 11) is 0. The van der Waals surface area contributed by atoms with Gasteiger partial charge in [0.15, 0.2) is 5.69 Å². The molecule has 132 valence electrons. The number of benzene rings is 1. The number of aliphatic carboxylic acids is 1. The Morgan fingerprint density at radius 1 is 1.36 bits per heavy atom. The molecule has 1 N–H and O–H groups in total. The number of hydrogen-bond acceptors (Lipinski definition) is 4. The Morgan fingerprint density at radius 3 is 2.80 bits per heavy atom. The number of rotatable bonds is 3. The monoisotopic (exact) mass is 366 g/mol. The third kappa shape index (κ3) is 3.21. The average Bonchev–Trinajstić information content (AvgIpc) is 2.98. The zero-order chi connectivity index (χ0) is 18.1. The third-order valence-corrected chi connectivity index (χ3v) is 4.58. The van der Waals surface area contributed by atoms with Gasteiger partial charge in [-0.05, 0) is 44.4 Å². The van der Waals surface area contributed by atoms with Gasteiger partial charge in [-0.2, -0.15) is 0 Å². The number of likely N-dealkylation sites (tertiary alicyclic amines) is 1. The van der Waals surface area contributed by atoms with Crippen LogP contribution >= 0.6 is 11.6 Å². The summed E-state index contributed by atoms with van der Waals surface area (Å²) in [5, 5.41) is 17.1. The molecule has 0 spiro atoms. The first kappa shape index (κ1) is 17.3. The molecule has 1 fully saturated rings. The van der Waals surface area contributed by atoms with Crippen molar-refractivity contribution in [2.24, 2.45) is 0 Å². The summed E-state index contributed by atoms with van der Waals surface area (Å²) in [6.07, 6.45) is 1.93. The molecule has 2 heterocycles. The van der Waals surface area contributed by atoms with Gasteiger partial charge in [0.2, 0.25) is 0 Å². The van der Waals surface area contributed by atoms with Gasteiger partial charge in [-0.15, -0.1) is 5.10 Å². The molecule has 9 heteroatoms. The fraction of sp³-hybridized carbons (Fsp3) is 0.375. The van der Waals surface area contributed by atoms with Crippen molar-refractivity contribution in [1.29, 1.82) is 0 Å². The summed E-state index contributed by atoms with van der Waals surface area (Å²) in [5.74, 6) is -2.05. The molecule has 0 saturated carbocycles. The van der Waals surface area contributed by atoms with Crippen LogP contribution in [0.25, 0.3) is 5.69 Å². The minimum absolute atomic E-state index is 0.0674. The van der Waals surface area contributed by atoms with E-state index in [2.05, 4.69) is 10.3 Å². The van der Waals surface area contributed by atoms with Crippen LogP contribution in [0, 0.1) is 12.7 Å². The van der Waals surface area contributed by atoms with Crippen LogP contribution in [0.3, 0.4) is 0 Å². The van der Waals surface area contributed by atoms with Gasteiger partial charge in [0.05, 0.1) is 16.4 Å². The minimum Gasteiger partial charge on any atom is -0.480 e. The van der Waals surface area contributed by atoms with Crippen LogP contribution in [0.2, 0.25) is 5.02 Å².